The van der Waals surface area contributed by atoms with Crippen LogP contribution < -0.4 is 20.4 Å². The maximum absolute atomic E-state index is 15.0. The van der Waals surface area contributed by atoms with Crippen LogP contribution in [0.5, 0.6) is 0 Å². The van der Waals surface area contributed by atoms with Crippen LogP contribution in [0.1, 0.15) is 38.5 Å². The van der Waals surface area contributed by atoms with Gasteiger partial charge in [0.05, 0.1) is 18.9 Å². The molecule has 1 aliphatic carbocycles. The Kier molecular flexibility index (Phi) is 6.87. The molecule has 2 saturated heterocycles. The topological polar surface area (TPSA) is 56.8 Å². The summed E-state index contributed by atoms with van der Waals surface area (Å²) >= 11 is 0. The molecule has 6 nitrogen and oxygen atoms in total. The van der Waals surface area contributed by atoms with Crippen LogP contribution in [0.2, 0.25) is 0 Å². The summed E-state index contributed by atoms with van der Waals surface area (Å²) < 4.78 is 20.4. The van der Waals surface area contributed by atoms with E-state index in [2.05, 4.69) is 10.6 Å². The molecule has 160 valence electrons. The summed E-state index contributed by atoms with van der Waals surface area (Å²) in [5.41, 5.74) is 1.24. The molecule has 1 aromatic carbocycles. The zero-order chi connectivity index (χ0) is 20.1. The number of urea groups is 1. The highest BCUT2D eigenvalue weighted by molar-refractivity contribution is 5.92. The Morgan fingerprint density at radius 1 is 1.17 bits per heavy atom. The van der Waals surface area contributed by atoms with Gasteiger partial charge in [-0.2, -0.15) is 0 Å². The Balaban J connectivity index is 1.52. The first kappa shape index (κ1) is 20.4. The molecule has 2 aliphatic heterocycles. The lowest BCUT2D eigenvalue weighted by molar-refractivity contribution is 0.122. The van der Waals surface area contributed by atoms with E-state index in [1.54, 1.807) is 4.90 Å². The lowest BCUT2D eigenvalue weighted by Crippen LogP contribution is -2.47. The largest absolute Gasteiger partial charge is 0.378 e. The summed E-state index contributed by atoms with van der Waals surface area (Å²) in [4.78, 5) is 16.9. The monoisotopic (exact) mass is 404 g/mol. The van der Waals surface area contributed by atoms with Gasteiger partial charge in [-0.15, -0.1) is 0 Å². The first-order valence-electron chi connectivity index (χ1n) is 11.1. The van der Waals surface area contributed by atoms with Gasteiger partial charge in [-0.1, -0.05) is 12.8 Å². The number of halogens is 1. The van der Waals surface area contributed by atoms with Gasteiger partial charge in [0.15, 0.2) is 0 Å². The van der Waals surface area contributed by atoms with Gasteiger partial charge in [0.1, 0.15) is 5.82 Å². The number of piperidine rings is 1. The lowest BCUT2D eigenvalue weighted by Gasteiger charge is -2.32. The van der Waals surface area contributed by atoms with E-state index in [0.29, 0.717) is 50.1 Å². The van der Waals surface area contributed by atoms with Crippen molar-refractivity contribution >= 4 is 17.4 Å². The van der Waals surface area contributed by atoms with Crippen molar-refractivity contribution in [2.45, 2.75) is 44.6 Å². The molecule has 2 heterocycles. The zero-order valence-electron chi connectivity index (χ0n) is 17.2. The fraction of sp³-hybridized carbons (Fsp3) is 0.682. The Morgan fingerprint density at radius 3 is 2.59 bits per heavy atom. The van der Waals surface area contributed by atoms with Crippen LogP contribution in [0.3, 0.4) is 0 Å². The van der Waals surface area contributed by atoms with Crippen LogP contribution in [0, 0.1) is 11.7 Å². The molecule has 1 aromatic rings. The van der Waals surface area contributed by atoms with Crippen molar-refractivity contribution in [3.05, 3.63) is 24.0 Å². The third kappa shape index (κ3) is 5.20. The second-order valence-corrected chi connectivity index (χ2v) is 8.47. The van der Waals surface area contributed by atoms with Gasteiger partial charge in [-0.05, 0) is 62.9 Å². The Bertz CT molecular complexity index is 683. The van der Waals surface area contributed by atoms with E-state index in [9.17, 15) is 9.18 Å². The highest BCUT2D eigenvalue weighted by Crippen LogP contribution is 2.28. The first-order chi connectivity index (χ1) is 14.2. The molecule has 1 saturated carbocycles. The maximum atomic E-state index is 15.0. The van der Waals surface area contributed by atoms with E-state index in [4.69, 9.17) is 4.74 Å². The van der Waals surface area contributed by atoms with Crippen molar-refractivity contribution in [3.8, 4) is 0 Å². The average Bonchev–Trinajstić information content (AvgIpc) is 3.26. The van der Waals surface area contributed by atoms with Crippen molar-refractivity contribution in [1.82, 2.24) is 10.6 Å². The van der Waals surface area contributed by atoms with Crippen LogP contribution >= 0.6 is 0 Å². The second kappa shape index (κ2) is 9.76. The Hall–Kier alpha value is -1.86. The molecule has 7 heteroatoms. The fourth-order valence-corrected chi connectivity index (χ4v) is 4.68. The number of carbonyl (C=O) groups is 1. The zero-order valence-corrected chi connectivity index (χ0v) is 17.2. The van der Waals surface area contributed by atoms with Crippen molar-refractivity contribution in [2.75, 3.05) is 55.7 Å². The number of hydrogen-bond acceptors (Lipinski definition) is 4. The molecule has 0 unspecified atom stereocenters. The van der Waals surface area contributed by atoms with Crippen LogP contribution in [-0.4, -0.2) is 58.0 Å². The summed E-state index contributed by atoms with van der Waals surface area (Å²) in [7, 11) is 0. The Morgan fingerprint density at radius 2 is 1.90 bits per heavy atom. The quantitative estimate of drug-likeness (QED) is 0.792. The molecule has 0 radical (unpaired) electrons. The van der Waals surface area contributed by atoms with Crippen molar-refractivity contribution in [2.24, 2.45) is 5.92 Å². The van der Waals surface area contributed by atoms with Crippen LogP contribution in [-0.2, 0) is 4.74 Å². The minimum absolute atomic E-state index is 0.0889. The van der Waals surface area contributed by atoms with Crippen LogP contribution in [0.25, 0.3) is 0 Å². The third-order valence-corrected chi connectivity index (χ3v) is 6.42. The summed E-state index contributed by atoms with van der Waals surface area (Å²) in [5.74, 6) is 0.168. The number of amides is 2. The van der Waals surface area contributed by atoms with Gasteiger partial charge in [-0.25, -0.2) is 9.18 Å². The molecule has 29 heavy (non-hydrogen) atoms. The van der Waals surface area contributed by atoms with Crippen molar-refractivity contribution < 1.29 is 13.9 Å². The predicted molar refractivity (Wildman–Crippen MR) is 113 cm³/mol. The van der Waals surface area contributed by atoms with E-state index >= 15 is 0 Å². The summed E-state index contributed by atoms with van der Waals surface area (Å²) in [6, 6.07) is 5.39. The molecule has 0 spiro atoms. The van der Waals surface area contributed by atoms with E-state index in [-0.39, 0.29) is 17.9 Å². The molecule has 0 bridgehead atoms. The maximum Gasteiger partial charge on any atom is 0.322 e. The number of morpholine rings is 1. The number of hydrogen-bond donors (Lipinski definition) is 2. The van der Waals surface area contributed by atoms with Crippen LogP contribution in [0.15, 0.2) is 18.2 Å². The van der Waals surface area contributed by atoms with Gasteiger partial charge in [0, 0.05) is 31.4 Å². The van der Waals surface area contributed by atoms with Crippen molar-refractivity contribution in [3.63, 3.8) is 0 Å². The molecular weight excluding hydrogens is 371 g/mol. The van der Waals surface area contributed by atoms with E-state index in [1.807, 2.05) is 17.0 Å². The average molecular weight is 405 g/mol. The molecule has 3 fully saturated rings. The fourth-order valence-electron chi connectivity index (χ4n) is 4.68. The molecule has 3 aliphatic rings. The van der Waals surface area contributed by atoms with Gasteiger partial charge >= 0.3 is 6.03 Å². The normalized spacial score (nSPS) is 21.3. The Labute approximate surface area is 172 Å². The highest BCUT2D eigenvalue weighted by atomic mass is 19.1. The molecule has 0 aromatic heterocycles. The third-order valence-electron chi connectivity index (χ3n) is 6.42. The van der Waals surface area contributed by atoms with Gasteiger partial charge in [0.2, 0.25) is 0 Å². The smallest absolute Gasteiger partial charge is 0.322 e. The number of benzene rings is 1. The second-order valence-electron chi connectivity index (χ2n) is 8.47. The minimum atomic E-state index is -0.270. The number of ether oxygens (including phenoxy) is 1. The molecule has 2 amide bonds. The van der Waals surface area contributed by atoms with Gasteiger partial charge in [0.25, 0.3) is 0 Å². The molecule has 0 atom stereocenters. The highest BCUT2D eigenvalue weighted by Gasteiger charge is 2.26. The summed E-state index contributed by atoms with van der Waals surface area (Å²) in [6.07, 6.45) is 6.50. The lowest BCUT2D eigenvalue weighted by atomic mass is 9.97. The number of rotatable bonds is 5. The van der Waals surface area contributed by atoms with E-state index in [1.165, 1.54) is 18.9 Å². The number of nitrogens with one attached hydrogen (secondary N) is 2. The summed E-state index contributed by atoms with van der Waals surface area (Å²) in [5, 5.41) is 6.56. The minimum Gasteiger partial charge on any atom is -0.378 e. The number of nitrogens with zero attached hydrogens (tertiary/aromatic N) is 2. The molecular formula is C22H33FN4O2. The van der Waals surface area contributed by atoms with Gasteiger partial charge in [-0.3, -0.25) is 4.90 Å². The summed E-state index contributed by atoms with van der Waals surface area (Å²) in [6.45, 7) is 5.21. The predicted octanol–water partition coefficient (Wildman–Crippen LogP) is 3.12. The SMILES string of the molecule is O=C(NC1CCCC1)N(CC1CCNCC1)c1ccc(N2CCOCC2)c(F)c1. The molecule has 2 N–H and O–H groups in total. The van der Waals surface area contributed by atoms with E-state index in [0.717, 1.165) is 38.8 Å². The van der Waals surface area contributed by atoms with Crippen molar-refractivity contribution in [1.29, 1.82) is 0 Å². The number of anilines is 2. The number of carbonyl (C=O) groups excluding carboxylic acids is 1. The van der Waals surface area contributed by atoms with E-state index < -0.39 is 0 Å². The first-order valence-corrected chi connectivity index (χ1v) is 11.1. The standard InChI is InChI=1S/C22H33FN4O2/c23-20-15-19(5-6-21(20)26-11-13-29-14-12-26)27(16-17-7-9-24-10-8-17)22(28)25-18-3-1-2-4-18/h5-6,15,17-18,24H,1-4,7-14,16H2,(H,25,28). The van der Waals surface area contributed by atoms with Crippen LogP contribution in [0.4, 0.5) is 20.6 Å². The van der Waals surface area contributed by atoms with Gasteiger partial charge < -0.3 is 20.3 Å². The molecule has 4 rings (SSSR count).